The molecule has 19 heavy (non-hydrogen) atoms. The fraction of sp³-hybridized carbons (Fsp3) is 0.417. The van der Waals surface area contributed by atoms with Gasteiger partial charge < -0.3 is 15.5 Å². The van der Waals surface area contributed by atoms with Crippen LogP contribution in [-0.4, -0.2) is 28.1 Å². The van der Waals surface area contributed by atoms with E-state index in [1.54, 1.807) is 11.7 Å². The largest absolute Gasteiger partial charge is 0.476 e. The molecule has 0 bridgehead atoms. The van der Waals surface area contributed by atoms with Gasteiger partial charge in [0.15, 0.2) is 5.82 Å². The zero-order chi connectivity index (χ0) is 13.8. The summed E-state index contributed by atoms with van der Waals surface area (Å²) in [6, 6.07) is 0. The molecule has 0 radical (unpaired) electrons. The van der Waals surface area contributed by atoms with Gasteiger partial charge in [-0.3, -0.25) is 9.78 Å². The topological polar surface area (TPSA) is 93.9 Å². The number of nitrogens with zero attached hydrogens (tertiary/aromatic N) is 2. The van der Waals surface area contributed by atoms with Crippen molar-refractivity contribution in [3.05, 3.63) is 27.6 Å². The molecular weight excluding hydrogens is 264 g/mol. The van der Waals surface area contributed by atoms with Crippen molar-refractivity contribution < 1.29 is 4.74 Å². The molecule has 0 aliphatic carbocycles. The van der Waals surface area contributed by atoms with Crippen LogP contribution in [-0.2, 0) is 0 Å². The summed E-state index contributed by atoms with van der Waals surface area (Å²) in [6.45, 7) is 4.56. The maximum atomic E-state index is 12.1. The normalized spacial score (nSPS) is 10.9. The average Bonchev–Trinajstić information content (AvgIpc) is 2.88. The Morgan fingerprint density at radius 2 is 2.32 bits per heavy atom. The van der Waals surface area contributed by atoms with E-state index in [-0.39, 0.29) is 11.5 Å². The van der Waals surface area contributed by atoms with Crippen molar-refractivity contribution >= 4 is 11.3 Å². The Morgan fingerprint density at radius 3 is 2.89 bits per heavy atom. The van der Waals surface area contributed by atoms with Crippen molar-refractivity contribution in [2.45, 2.75) is 19.8 Å². The third kappa shape index (κ3) is 2.99. The van der Waals surface area contributed by atoms with Crippen LogP contribution in [0.25, 0.3) is 10.7 Å². The molecule has 0 unspecified atom stereocenters. The van der Waals surface area contributed by atoms with Gasteiger partial charge in [-0.25, -0.2) is 0 Å². The van der Waals surface area contributed by atoms with Crippen molar-refractivity contribution in [3.8, 4) is 16.6 Å². The van der Waals surface area contributed by atoms with Crippen molar-refractivity contribution in [1.82, 2.24) is 15.0 Å². The Morgan fingerprint density at radius 1 is 1.53 bits per heavy atom. The van der Waals surface area contributed by atoms with Gasteiger partial charge in [-0.2, -0.15) is 4.98 Å². The zero-order valence-electron chi connectivity index (χ0n) is 10.8. The van der Waals surface area contributed by atoms with Crippen LogP contribution in [0.15, 0.2) is 16.5 Å². The second-order valence-corrected chi connectivity index (χ2v) is 5.18. The second kappa shape index (κ2) is 5.94. The fourth-order valence-electron chi connectivity index (χ4n) is 1.69. The first-order chi connectivity index (χ1) is 9.13. The molecule has 0 fully saturated rings. The molecule has 2 rings (SSSR count). The molecule has 0 spiro atoms. The second-order valence-electron chi connectivity index (χ2n) is 4.29. The van der Waals surface area contributed by atoms with Crippen LogP contribution in [0.5, 0.6) is 5.88 Å². The van der Waals surface area contributed by atoms with Gasteiger partial charge in [-0.1, -0.05) is 13.8 Å². The molecule has 2 heterocycles. The van der Waals surface area contributed by atoms with Crippen LogP contribution < -0.4 is 16.0 Å². The SMILES string of the molecule is CC(C)c1c(OCCN)nc(-c2cncs2)[nH]c1=O. The third-order valence-corrected chi connectivity index (χ3v) is 3.30. The first-order valence-corrected chi connectivity index (χ1v) is 6.87. The van der Waals surface area contributed by atoms with Gasteiger partial charge in [0, 0.05) is 12.7 Å². The van der Waals surface area contributed by atoms with Gasteiger partial charge in [-0.05, 0) is 5.92 Å². The molecular formula is C12H16N4O2S. The summed E-state index contributed by atoms with van der Waals surface area (Å²) in [5, 5.41) is 0. The predicted molar refractivity (Wildman–Crippen MR) is 74.6 cm³/mol. The van der Waals surface area contributed by atoms with Gasteiger partial charge >= 0.3 is 0 Å². The summed E-state index contributed by atoms with van der Waals surface area (Å²) in [5.41, 5.74) is 7.48. The molecule has 102 valence electrons. The highest BCUT2D eigenvalue weighted by Crippen LogP contribution is 2.25. The number of ether oxygens (including phenoxy) is 1. The standard InChI is InChI=1S/C12H16N4O2S/c1-7(2)9-11(17)15-10(8-5-14-6-19-8)16-12(9)18-4-3-13/h5-7H,3-4,13H2,1-2H3,(H,15,16,17). The molecule has 0 aliphatic heterocycles. The van der Waals surface area contributed by atoms with Gasteiger partial charge in [0.2, 0.25) is 5.88 Å². The molecule has 2 aromatic rings. The summed E-state index contributed by atoms with van der Waals surface area (Å²) in [5.74, 6) is 0.857. The molecule has 0 saturated carbocycles. The van der Waals surface area contributed by atoms with E-state index in [1.165, 1.54) is 11.3 Å². The van der Waals surface area contributed by atoms with E-state index >= 15 is 0 Å². The number of thiazole rings is 1. The Kier molecular flexibility index (Phi) is 4.28. The van der Waals surface area contributed by atoms with E-state index in [2.05, 4.69) is 15.0 Å². The number of H-pyrrole nitrogens is 1. The smallest absolute Gasteiger partial charge is 0.258 e. The minimum Gasteiger partial charge on any atom is -0.476 e. The maximum Gasteiger partial charge on any atom is 0.258 e. The number of rotatable bonds is 5. The lowest BCUT2D eigenvalue weighted by atomic mass is 10.1. The van der Waals surface area contributed by atoms with E-state index < -0.39 is 0 Å². The molecule has 0 saturated heterocycles. The number of aromatic nitrogens is 3. The van der Waals surface area contributed by atoms with Crippen molar-refractivity contribution in [2.75, 3.05) is 13.2 Å². The van der Waals surface area contributed by atoms with Crippen LogP contribution in [0.4, 0.5) is 0 Å². The first-order valence-electron chi connectivity index (χ1n) is 5.99. The number of nitrogens with one attached hydrogen (secondary N) is 1. The lowest BCUT2D eigenvalue weighted by Crippen LogP contribution is -2.20. The number of nitrogens with two attached hydrogens (primary N) is 1. The molecule has 2 aromatic heterocycles. The van der Waals surface area contributed by atoms with Crippen LogP contribution in [0.2, 0.25) is 0 Å². The molecule has 6 nitrogen and oxygen atoms in total. The minimum absolute atomic E-state index is 0.0273. The van der Waals surface area contributed by atoms with E-state index in [9.17, 15) is 4.79 Å². The van der Waals surface area contributed by atoms with E-state index in [0.717, 1.165) is 4.88 Å². The zero-order valence-corrected chi connectivity index (χ0v) is 11.7. The Hall–Kier alpha value is -1.73. The average molecular weight is 280 g/mol. The molecule has 7 heteroatoms. The third-order valence-electron chi connectivity index (χ3n) is 2.52. The van der Waals surface area contributed by atoms with Crippen molar-refractivity contribution in [2.24, 2.45) is 5.73 Å². The van der Waals surface area contributed by atoms with Crippen LogP contribution in [0, 0.1) is 0 Å². The predicted octanol–water partition coefficient (Wildman–Crippen LogP) is 1.35. The maximum absolute atomic E-state index is 12.1. The summed E-state index contributed by atoms with van der Waals surface area (Å²) < 4.78 is 5.50. The van der Waals surface area contributed by atoms with Crippen LogP contribution in [0.3, 0.4) is 0 Å². The van der Waals surface area contributed by atoms with Crippen molar-refractivity contribution in [3.63, 3.8) is 0 Å². The summed E-state index contributed by atoms with van der Waals surface area (Å²) >= 11 is 1.41. The van der Waals surface area contributed by atoms with Gasteiger partial charge in [0.05, 0.1) is 16.0 Å². The van der Waals surface area contributed by atoms with Gasteiger partial charge in [0.1, 0.15) is 6.61 Å². The fourth-order valence-corrected chi connectivity index (χ4v) is 2.25. The summed E-state index contributed by atoms with van der Waals surface area (Å²) in [6.07, 6.45) is 1.66. The highest BCUT2D eigenvalue weighted by molar-refractivity contribution is 7.13. The monoisotopic (exact) mass is 280 g/mol. The van der Waals surface area contributed by atoms with Crippen molar-refractivity contribution in [1.29, 1.82) is 0 Å². The lowest BCUT2D eigenvalue weighted by molar-refractivity contribution is 0.309. The van der Waals surface area contributed by atoms with Gasteiger partial charge in [0.25, 0.3) is 5.56 Å². The van der Waals surface area contributed by atoms with E-state index in [1.807, 2.05) is 13.8 Å². The highest BCUT2D eigenvalue weighted by atomic mass is 32.1. The number of hydrogen-bond acceptors (Lipinski definition) is 6. The first kappa shape index (κ1) is 13.7. The summed E-state index contributed by atoms with van der Waals surface area (Å²) in [7, 11) is 0. The minimum atomic E-state index is -0.180. The van der Waals surface area contributed by atoms with E-state index in [0.29, 0.717) is 30.4 Å². The molecule has 0 aromatic carbocycles. The number of aromatic amines is 1. The van der Waals surface area contributed by atoms with Crippen LogP contribution in [0.1, 0.15) is 25.3 Å². The molecule has 0 atom stereocenters. The molecule has 0 aliphatic rings. The Bertz CT molecular complexity index is 592. The Balaban J connectivity index is 2.50. The molecule has 0 amide bonds. The highest BCUT2D eigenvalue weighted by Gasteiger charge is 2.17. The summed E-state index contributed by atoms with van der Waals surface area (Å²) in [4.78, 5) is 24.0. The number of hydrogen-bond donors (Lipinski definition) is 2. The quantitative estimate of drug-likeness (QED) is 0.862. The van der Waals surface area contributed by atoms with E-state index in [4.69, 9.17) is 10.5 Å². The van der Waals surface area contributed by atoms with Gasteiger partial charge in [-0.15, -0.1) is 11.3 Å². The van der Waals surface area contributed by atoms with Crippen LogP contribution >= 0.6 is 11.3 Å². The molecule has 3 N–H and O–H groups in total. The lowest BCUT2D eigenvalue weighted by Gasteiger charge is -2.12. The Labute approximate surface area is 114 Å².